The predicted molar refractivity (Wildman–Crippen MR) is 87.4 cm³/mol. The Balaban J connectivity index is 2.04. The summed E-state index contributed by atoms with van der Waals surface area (Å²) in [5.41, 5.74) is 2.32. The molecule has 1 unspecified atom stereocenters. The van der Waals surface area contributed by atoms with Gasteiger partial charge in [0.2, 0.25) is 0 Å². The van der Waals surface area contributed by atoms with Crippen LogP contribution in [0.25, 0.3) is 0 Å². The van der Waals surface area contributed by atoms with Gasteiger partial charge in [-0.05, 0) is 57.0 Å². The van der Waals surface area contributed by atoms with Crippen LogP contribution < -0.4 is 5.32 Å². The summed E-state index contributed by atoms with van der Waals surface area (Å²) in [4.78, 5) is 5.94. The Morgan fingerprint density at radius 3 is 2.48 bits per heavy atom. The number of benzene rings is 1. The van der Waals surface area contributed by atoms with Gasteiger partial charge in [0.25, 0.3) is 0 Å². The third kappa shape index (κ3) is 4.90. The Hall–Kier alpha value is -1.26. The van der Waals surface area contributed by atoms with Gasteiger partial charge < -0.3 is 5.32 Å². The van der Waals surface area contributed by atoms with Gasteiger partial charge in [-0.15, -0.1) is 11.3 Å². The third-order valence-corrected chi connectivity index (χ3v) is 4.75. The largest absolute Gasteiger partial charge is 0.317 e. The molecule has 1 N–H and O–H groups in total. The summed E-state index contributed by atoms with van der Waals surface area (Å²) in [6.07, 6.45) is 1.93. The summed E-state index contributed by atoms with van der Waals surface area (Å²) >= 11 is 1.79. The molecule has 0 saturated carbocycles. The van der Waals surface area contributed by atoms with Gasteiger partial charge in [0, 0.05) is 11.3 Å². The first-order valence-electron chi connectivity index (χ1n) is 7.46. The average Bonchev–Trinajstić information content (AvgIpc) is 2.77. The summed E-state index contributed by atoms with van der Waals surface area (Å²) < 4.78 is 13.0. The fourth-order valence-electron chi connectivity index (χ4n) is 2.39. The number of hydrogen-bond donors (Lipinski definition) is 1. The number of nitrogens with zero attached hydrogens (tertiary/aromatic N) is 1. The molecule has 0 bridgehead atoms. The molecule has 1 heterocycles. The van der Waals surface area contributed by atoms with Gasteiger partial charge in [-0.25, -0.2) is 9.37 Å². The SMILES string of the molecule is CCNCC(Cc1ccc(F)cc1)Cc1nc(C)c(C)s1. The Morgan fingerprint density at radius 2 is 1.90 bits per heavy atom. The van der Waals surface area contributed by atoms with E-state index in [2.05, 4.69) is 31.1 Å². The van der Waals surface area contributed by atoms with Crippen LogP contribution in [-0.4, -0.2) is 18.1 Å². The van der Waals surface area contributed by atoms with Crippen molar-refractivity contribution in [3.8, 4) is 0 Å². The van der Waals surface area contributed by atoms with Crippen LogP contribution in [0.3, 0.4) is 0 Å². The second-order valence-corrected chi connectivity index (χ2v) is 6.75. The smallest absolute Gasteiger partial charge is 0.123 e. The van der Waals surface area contributed by atoms with Gasteiger partial charge in [-0.1, -0.05) is 19.1 Å². The number of halogens is 1. The Bertz CT molecular complexity index is 543. The van der Waals surface area contributed by atoms with Crippen LogP contribution in [-0.2, 0) is 12.8 Å². The maximum Gasteiger partial charge on any atom is 0.123 e. The van der Waals surface area contributed by atoms with Crippen LogP contribution >= 0.6 is 11.3 Å². The number of hydrogen-bond acceptors (Lipinski definition) is 3. The van der Waals surface area contributed by atoms with Gasteiger partial charge in [-0.3, -0.25) is 0 Å². The van der Waals surface area contributed by atoms with Crippen molar-refractivity contribution >= 4 is 11.3 Å². The van der Waals surface area contributed by atoms with Crippen molar-refractivity contribution in [2.45, 2.75) is 33.6 Å². The number of aromatic nitrogens is 1. The van der Waals surface area contributed by atoms with Crippen LogP contribution in [0.2, 0.25) is 0 Å². The maximum absolute atomic E-state index is 13.0. The lowest BCUT2D eigenvalue weighted by atomic mass is 9.96. The van der Waals surface area contributed by atoms with E-state index in [0.29, 0.717) is 5.92 Å². The second kappa shape index (κ2) is 7.66. The van der Waals surface area contributed by atoms with Crippen LogP contribution in [0, 0.1) is 25.6 Å². The van der Waals surface area contributed by atoms with Gasteiger partial charge in [0.05, 0.1) is 10.7 Å². The minimum atomic E-state index is -0.173. The number of rotatable bonds is 7. The van der Waals surface area contributed by atoms with E-state index in [1.54, 1.807) is 11.3 Å². The first kappa shape index (κ1) is 16.1. The molecule has 0 aliphatic heterocycles. The second-order valence-electron chi connectivity index (χ2n) is 5.46. The van der Waals surface area contributed by atoms with E-state index >= 15 is 0 Å². The van der Waals surface area contributed by atoms with Crippen molar-refractivity contribution in [2.24, 2.45) is 5.92 Å². The van der Waals surface area contributed by atoms with E-state index in [9.17, 15) is 4.39 Å². The highest BCUT2D eigenvalue weighted by molar-refractivity contribution is 7.11. The van der Waals surface area contributed by atoms with Crippen LogP contribution in [0.4, 0.5) is 4.39 Å². The lowest BCUT2D eigenvalue weighted by Gasteiger charge is -2.16. The van der Waals surface area contributed by atoms with Gasteiger partial charge in [0.15, 0.2) is 0 Å². The van der Waals surface area contributed by atoms with Gasteiger partial charge >= 0.3 is 0 Å². The van der Waals surface area contributed by atoms with Crippen LogP contribution in [0.5, 0.6) is 0 Å². The minimum Gasteiger partial charge on any atom is -0.317 e. The molecule has 21 heavy (non-hydrogen) atoms. The third-order valence-electron chi connectivity index (χ3n) is 3.66. The fraction of sp³-hybridized carbons (Fsp3) is 0.471. The van der Waals surface area contributed by atoms with Crippen molar-refractivity contribution in [1.29, 1.82) is 0 Å². The Labute approximate surface area is 130 Å². The standard InChI is InChI=1S/C17H23FN2S/c1-4-19-11-15(9-14-5-7-16(18)8-6-14)10-17-20-12(2)13(3)21-17/h5-8,15,19H,4,9-11H2,1-3H3. The van der Waals surface area contributed by atoms with E-state index in [0.717, 1.165) is 31.6 Å². The molecule has 4 heteroatoms. The molecular formula is C17H23FN2S. The summed E-state index contributed by atoms with van der Waals surface area (Å²) in [6.45, 7) is 8.23. The molecule has 1 aromatic heterocycles. The first-order valence-corrected chi connectivity index (χ1v) is 8.28. The summed E-state index contributed by atoms with van der Waals surface area (Å²) in [6, 6.07) is 6.84. The Kier molecular flexibility index (Phi) is 5.88. The van der Waals surface area contributed by atoms with E-state index in [-0.39, 0.29) is 5.82 Å². The highest BCUT2D eigenvalue weighted by Gasteiger charge is 2.14. The van der Waals surface area contributed by atoms with Crippen molar-refractivity contribution in [2.75, 3.05) is 13.1 Å². The number of nitrogens with one attached hydrogen (secondary N) is 1. The van der Waals surface area contributed by atoms with Crippen molar-refractivity contribution < 1.29 is 4.39 Å². The quantitative estimate of drug-likeness (QED) is 0.839. The molecule has 2 rings (SSSR count). The number of thiazole rings is 1. The summed E-state index contributed by atoms with van der Waals surface area (Å²) in [5, 5.41) is 4.63. The lowest BCUT2D eigenvalue weighted by molar-refractivity contribution is 0.477. The monoisotopic (exact) mass is 306 g/mol. The molecule has 0 radical (unpaired) electrons. The van der Waals surface area contributed by atoms with E-state index in [1.807, 2.05) is 12.1 Å². The van der Waals surface area contributed by atoms with Gasteiger partial charge in [0.1, 0.15) is 5.82 Å². The van der Waals surface area contributed by atoms with E-state index < -0.39 is 0 Å². The molecule has 2 nitrogen and oxygen atoms in total. The minimum absolute atomic E-state index is 0.173. The maximum atomic E-state index is 13.0. The van der Waals surface area contributed by atoms with Crippen molar-refractivity contribution in [3.63, 3.8) is 0 Å². The summed E-state index contributed by atoms with van der Waals surface area (Å²) in [7, 11) is 0. The zero-order valence-corrected chi connectivity index (χ0v) is 13.8. The molecule has 0 saturated heterocycles. The summed E-state index contributed by atoms with van der Waals surface area (Å²) in [5.74, 6) is 0.313. The van der Waals surface area contributed by atoms with Crippen molar-refractivity contribution in [1.82, 2.24) is 10.3 Å². The topological polar surface area (TPSA) is 24.9 Å². The highest BCUT2D eigenvalue weighted by atomic mass is 32.1. The molecular weight excluding hydrogens is 283 g/mol. The van der Waals surface area contributed by atoms with E-state index in [1.165, 1.54) is 27.6 Å². The zero-order chi connectivity index (χ0) is 15.2. The molecule has 0 aliphatic rings. The van der Waals surface area contributed by atoms with Crippen LogP contribution in [0.15, 0.2) is 24.3 Å². The molecule has 2 aromatic rings. The molecule has 1 aromatic carbocycles. The average molecular weight is 306 g/mol. The molecule has 1 atom stereocenters. The highest BCUT2D eigenvalue weighted by Crippen LogP contribution is 2.21. The Morgan fingerprint density at radius 1 is 1.19 bits per heavy atom. The normalized spacial score (nSPS) is 12.6. The molecule has 114 valence electrons. The zero-order valence-electron chi connectivity index (χ0n) is 12.9. The van der Waals surface area contributed by atoms with Crippen molar-refractivity contribution in [3.05, 3.63) is 51.2 Å². The van der Waals surface area contributed by atoms with Gasteiger partial charge in [-0.2, -0.15) is 0 Å². The molecule has 0 amide bonds. The van der Waals surface area contributed by atoms with E-state index in [4.69, 9.17) is 0 Å². The molecule has 0 fully saturated rings. The molecule has 0 spiro atoms. The fourth-order valence-corrected chi connectivity index (χ4v) is 3.44. The molecule has 0 aliphatic carbocycles. The van der Waals surface area contributed by atoms with Crippen LogP contribution in [0.1, 0.15) is 28.1 Å². The predicted octanol–water partition coefficient (Wildman–Crippen LogP) is 3.91. The number of aryl methyl sites for hydroxylation is 2. The first-order chi connectivity index (χ1) is 10.1. The lowest BCUT2D eigenvalue weighted by Crippen LogP contribution is -2.25.